The van der Waals surface area contributed by atoms with Gasteiger partial charge in [0.1, 0.15) is 12.4 Å². The molecule has 0 saturated carbocycles. The SMILES string of the molecule is CCn1cc(-c2cc(CC(=O)O)ccc2OCc2ccccc2)cn1. The summed E-state index contributed by atoms with van der Waals surface area (Å²) in [5.74, 6) is -0.137. The fraction of sp³-hybridized carbons (Fsp3) is 0.200. The first-order valence-electron chi connectivity index (χ1n) is 8.20. The maximum atomic E-state index is 11.0. The third kappa shape index (κ3) is 4.26. The largest absolute Gasteiger partial charge is 0.488 e. The molecule has 3 rings (SSSR count). The molecular formula is C20H20N2O3. The predicted molar refractivity (Wildman–Crippen MR) is 95.5 cm³/mol. The highest BCUT2D eigenvalue weighted by molar-refractivity contribution is 5.74. The number of carbonyl (C=O) groups is 1. The summed E-state index contributed by atoms with van der Waals surface area (Å²) in [5.41, 5.74) is 3.58. The van der Waals surface area contributed by atoms with Crippen LogP contribution in [0.25, 0.3) is 11.1 Å². The van der Waals surface area contributed by atoms with Crippen LogP contribution in [0.5, 0.6) is 5.75 Å². The molecule has 1 heterocycles. The average Bonchev–Trinajstić information content (AvgIpc) is 3.10. The van der Waals surface area contributed by atoms with Crippen molar-refractivity contribution in [1.82, 2.24) is 9.78 Å². The lowest BCUT2D eigenvalue weighted by molar-refractivity contribution is -0.136. The molecule has 0 atom stereocenters. The number of hydrogen-bond acceptors (Lipinski definition) is 3. The van der Waals surface area contributed by atoms with Crippen LogP contribution >= 0.6 is 0 Å². The molecule has 0 saturated heterocycles. The number of aromatic nitrogens is 2. The number of carboxylic acids is 1. The van der Waals surface area contributed by atoms with E-state index in [1.165, 1.54) is 0 Å². The summed E-state index contributed by atoms with van der Waals surface area (Å²) in [6.45, 7) is 3.24. The number of nitrogens with zero attached hydrogens (tertiary/aromatic N) is 2. The van der Waals surface area contributed by atoms with Crippen molar-refractivity contribution >= 4 is 5.97 Å². The van der Waals surface area contributed by atoms with Crippen molar-refractivity contribution in [3.63, 3.8) is 0 Å². The van der Waals surface area contributed by atoms with Gasteiger partial charge in [-0.25, -0.2) is 0 Å². The van der Waals surface area contributed by atoms with Crippen molar-refractivity contribution in [1.29, 1.82) is 0 Å². The summed E-state index contributed by atoms with van der Waals surface area (Å²) in [5, 5.41) is 13.4. The number of carboxylic acid groups (broad SMARTS) is 1. The highest BCUT2D eigenvalue weighted by Crippen LogP contribution is 2.31. The second-order valence-corrected chi connectivity index (χ2v) is 5.76. The van der Waals surface area contributed by atoms with Gasteiger partial charge in [0.15, 0.2) is 0 Å². The van der Waals surface area contributed by atoms with Crippen LogP contribution in [-0.2, 0) is 24.4 Å². The molecule has 0 fully saturated rings. The Morgan fingerprint density at radius 1 is 1.16 bits per heavy atom. The topological polar surface area (TPSA) is 64.4 Å². The minimum atomic E-state index is -0.854. The van der Waals surface area contributed by atoms with E-state index in [9.17, 15) is 4.79 Å². The molecule has 0 radical (unpaired) electrons. The number of hydrogen-bond donors (Lipinski definition) is 1. The summed E-state index contributed by atoms with van der Waals surface area (Å²) in [7, 11) is 0. The highest BCUT2D eigenvalue weighted by Gasteiger charge is 2.12. The van der Waals surface area contributed by atoms with E-state index in [-0.39, 0.29) is 6.42 Å². The third-order valence-corrected chi connectivity index (χ3v) is 3.90. The Bertz CT molecular complexity index is 856. The fourth-order valence-corrected chi connectivity index (χ4v) is 2.62. The van der Waals surface area contributed by atoms with Gasteiger partial charge >= 0.3 is 5.97 Å². The van der Waals surface area contributed by atoms with Crippen LogP contribution in [0.2, 0.25) is 0 Å². The van der Waals surface area contributed by atoms with E-state index in [1.54, 1.807) is 12.3 Å². The van der Waals surface area contributed by atoms with Gasteiger partial charge in [-0.3, -0.25) is 9.48 Å². The quantitative estimate of drug-likeness (QED) is 0.713. The van der Waals surface area contributed by atoms with Crippen LogP contribution in [0.1, 0.15) is 18.1 Å². The van der Waals surface area contributed by atoms with Gasteiger partial charge < -0.3 is 9.84 Å². The summed E-state index contributed by atoms with van der Waals surface area (Å²) in [6, 6.07) is 15.4. The molecule has 5 heteroatoms. The van der Waals surface area contributed by atoms with E-state index in [2.05, 4.69) is 5.10 Å². The van der Waals surface area contributed by atoms with Gasteiger partial charge in [0.25, 0.3) is 0 Å². The molecule has 0 bridgehead atoms. The van der Waals surface area contributed by atoms with Crippen molar-refractivity contribution in [3.05, 3.63) is 72.1 Å². The minimum Gasteiger partial charge on any atom is -0.488 e. The number of ether oxygens (including phenoxy) is 1. The van der Waals surface area contributed by atoms with Gasteiger partial charge in [-0.1, -0.05) is 36.4 Å². The number of rotatable bonds is 7. The zero-order valence-corrected chi connectivity index (χ0v) is 14.1. The molecule has 1 N–H and O–H groups in total. The first-order valence-corrected chi connectivity index (χ1v) is 8.20. The van der Waals surface area contributed by atoms with Crippen LogP contribution < -0.4 is 4.74 Å². The van der Waals surface area contributed by atoms with Crippen LogP contribution in [0.3, 0.4) is 0 Å². The molecule has 0 aliphatic heterocycles. The molecule has 128 valence electrons. The molecule has 3 aromatic rings. The van der Waals surface area contributed by atoms with Gasteiger partial charge in [-0.15, -0.1) is 0 Å². The van der Waals surface area contributed by atoms with Gasteiger partial charge in [0.05, 0.1) is 12.6 Å². The van der Waals surface area contributed by atoms with Crippen molar-refractivity contribution in [2.24, 2.45) is 0 Å². The molecule has 0 unspecified atom stereocenters. The molecule has 0 spiro atoms. The number of aryl methyl sites for hydroxylation is 1. The molecule has 1 aromatic heterocycles. The first-order chi connectivity index (χ1) is 12.2. The third-order valence-electron chi connectivity index (χ3n) is 3.90. The van der Waals surface area contributed by atoms with Crippen LogP contribution in [-0.4, -0.2) is 20.9 Å². The Hall–Kier alpha value is -3.08. The highest BCUT2D eigenvalue weighted by atomic mass is 16.5. The Balaban J connectivity index is 1.91. The Labute approximate surface area is 146 Å². The standard InChI is InChI=1S/C20H20N2O3/c1-2-22-13-17(12-21-22)18-10-16(11-20(23)24)8-9-19(18)25-14-15-6-4-3-5-7-15/h3-10,12-13H,2,11,14H2,1H3,(H,23,24). The molecule has 5 nitrogen and oxygen atoms in total. The lowest BCUT2D eigenvalue weighted by Crippen LogP contribution is -2.02. The van der Waals surface area contributed by atoms with Crippen LogP contribution in [0, 0.1) is 0 Å². The normalized spacial score (nSPS) is 10.6. The van der Waals surface area contributed by atoms with Crippen molar-refractivity contribution in [3.8, 4) is 16.9 Å². The lowest BCUT2D eigenvalue weighted by Gasteiger charge is -2.12. The van der Waals surface area contributed by atoms with E-state index in [1.807, 2.05) is 60.3 Å². The smallest absolute Gasteiger partial charge is 0.307 e. The molecule has 0 aliphatic rings. The van der Waals surface area contributed by atoms with Crippen molar-refractivity contribution < 1.29 is 14.6 Å². The van der Waals surface area contributed by atoms with Crippen LogP contribution in [0.4, 0.5) is 0 Å². The molecule has 2 aromatic carbocycles. The zero-order valence-electron chi connectivity index (χ0n) is 14.1. The Kier molecular flexibility index (Phi) is 5.14. The van der Waals surface area contributed by atoms with Gasteiger partial charge in [0.2, 0.25) is 0 Å². The van der Waals surface area contributed by atoms with Crippen LogP contribution in [0.15, 0.2) is 60.9 Å². The average molecular weight is 336 g/mol. The van der Waals surface area contributed by atoms with E-state index >= 15 is 0 Å². The minimum absolute atomic E-state index is 0.0200. The number of aliphatic carboxylic acids is 1. The molecular weight excluding hydrogens is 316 g/mol. The summed E-state index contributed by atoms with van der Waals surface area (Å²) in [6.07, 6.45) is 3.70. The number of benzene rings is 2. The van der Waals surface area contributed by atoms with E-state index in [0.717, 1.165) is 28.8 Å². The summed E-state index contributed by atoms with van der Waals surface area (Å²) >= 11 is 0. The summed E-state index contributed by atoms with van der Waals surface area (Å²) < 4.78 is 7.83. The first kappa shape index (κ1) is 16.8. The van der Waals surface area contributed by atoms with Crippen molar-refractivity contribution in [2.45, 2.75) is 26.5 Å². The zero-order chi connectivity index (χ0) is 17.6. The van der Waals surface area contributed by atoms with Gasteiger partial charge in [-0.05, 0) is 30.2 Å². The van der Waals surface area contributed by atoms with Gasteiger partial charge in [0, 0.05) is 23.9 Å². The molecule has 0 amide bonds. The Morgan fingerprint density at radius 3 is 2.64 bits per heavy atom. The fourth-order valence-electron chi connectivity index (χ4n) is 2.62. The summed E-state index contributed by atoms with van der Waals surface area (Å²) in [4.78, 5) is 11.0. The maximum Gasteiger partial charge on any atom is 0.307 e. The molecule has 0 aliphatic carbocycles. The van der Waals surface area contributed by atoms with E-state index < -0.39 is 5.97 Å². The second kappa shape index (κ2) is 7.66. The predicted octanol–water partition coefficient (Wildman–Crippen LogP) is 3.78. The monoisotopic (exact) mass is 336 g/mol. The lowest BCUT2D eigenvalue weighted by atomic mass is 10.0. The van der Waals surface area contributed by atoms with Crippen molar-refractivity contribution in [2.75, 3.05) is 0 Å². The maximum absolute atomic E-state index is 11.0. The van der Waals surface area contributed by atoms with E-state index in [4.69, 9.17) is 9.84 Å². The molecule has 25 heavy (non-hydrogen) atoms. The van der Waals surface area contributed by atoms with Gasteiger partial charge in [-0.2, -0.15) is 5.10 Å². The second-order valence-electron chi connectivity index (χ2n) is 5.76. The Morgan fingerprint density at radius 2 is 1.96 bits per heavy atom. The van der Waals surface area contributed by atoms with E-state index in [0.29, 0.717) is 12.4 Å².